The zero-order valence-electron chi connectivity index (χ0n) is 11.7. The van der Waals surface area contributed by atoms with Gasteiger partial charge in [0.1, 0.15) is 5.82 Å². The molecule has 0 amide bonds. The van der Waals surface area contributed by atoms with Crippen molar-refractivity contribution in [1.82, 2.24) is 5.32 Å². The van der Waals surface area contributed by atoms with Gasteiger partial charge in [0.05, 0.1) is 0 Å². The quantitative estimate of drug-likeness (QED) is 0.852. The zero-order valence-corrected chi connectivity index (χ0v) is 11.7. The molecule has 2 aromatic rings. The Morgan fingerprint density at radius 3 is 2.32 bits per heavy atom. The molecule has 2 aromatic carbocycles. The molecule has 1 unspecified atom stereocenters. The van der Waals surface area contributed by atoms with E-state index in [1.54, 1.807) is 6.07 Å². The van der Waals surface area contributed by atoms with Crippen LogP contribution in [-0.2, 0) is 0 Å². The molecule has 0 heterocycles. The van der Waals surface area contributed by atoms with Crippen molar-refractivity contribution in [3.8, 4) is 11.1 Å². The summed E-state index contributed by atoms with van der Waals surface area (Å²) in [6.45, 7) is 4.11. The largest absolute Gasteiger partial charge is 0.313 e. The van der Waals surface area contributed by atoms with Gasteiger partial charge in [0, 0.05) is 6.04 Å². The third kappa shape index (κ3) is 3.02. The second-order valence-electron chi connectivity index (χ2n) is 4.83. The van der Waals surface area contributed by atoms with Gasteiger partial charge in [-0.15, -0.1) is 0 Å². The Bertz CT molecular complexity index is 542. The molecular formula is C17H20FN. The predicted octanol–water partition coefficient (Wildman–Crippen LogP) is 4.47. The Kier molecular flexibility index (Phi) is 4.33. The molecule has 2 heteroatoms. The van der Waals surface area contributed by atoms with Gasteiger partial charge in [0.25, 0.3) is 0 Å². The van der Waals surface area contributed by atoms with Crippen molar-refractivity contribution in [2.45, 2.75) is 26.3 Å². The van der Waals surface area contributed by atoms with Crippen LogP contribution in [0.5, 0.6) is 0 Å². The fourth-order valence-corrected chi connectivity index (χ4v) is 2.45. The van der Waals surface area contributed by atoms with E-state index < -0.39 is 0 Å². The zero-order chi connectivity index (χ0) is 13.8. The maximum absolute atomic E-state index is 13.1. The molecule has 1 atom stereocenters. The van der Waals surface area contributed by atoms with Gasteiger partial charge in [-0.25, -0.2) is 4.39 Å². The van der Waals surface area contributed by atoms with E-state index in [0.29, 0.717) is 6.04 Å². The minimum absolute atomic E-state index is 0.181. The molecule has 19 heavy (non-hydrogen) atoms. The number of hydrogen-bond acceptors (Lipinski definition) is 1. The van der Waals surface area contributed by atoms with Crippen LogP contribution < -0.4 is 5.32 Å². The summed E-state index contributed by atoms with van der Waals surface area (Å²) >= 11 is 0. The maximum Gasteiger partial charge on any atom is 0.123 e. The summed E-state index contributed by atoms with van der Waals surface area (Å²) < 4.78 is 13.1. The molecule has 0 fully saturated rings. The fraction of sp³-hybridized carbons (Fsp3) is 0.294. The third-order valence-corrected chi connectivity index (χ3v) is 3.57. The summed E-state index contributed by atoms with van der Waals surface area (Å²) in [6, 6.07) is 13.8. The summed E-state index contributed by atoms with van der Waals surface area (Å²) in [5, 5.41) is 3.30. The van der Waals surface area contributed by atoms with E-state index >= 15 is 0 Å². The van der Waals surface area contributed by atoms with Crippen molar-refractivity contribution in [3.05, 3.63) is 59.4 Å². The Morgan fingerprint density at radius 2 is 1.79 bits per heavy atom. The predicted molar refractivity (Wildman–Crippen MR) is 78.7 cm³/mol. The van der Waals surface area contributed by atoms with Gasteiger partial charge in [-0.3, -0.25) is 0 Å². The van der Waals surface area contributed by atoms with Gasteiger partial charge in [-0.2, -0.15) is 0 Å². The van der Waals surface area contributed by atoms with Crippen LogP contribution in [0, 0.1) is 12.7 Å². The average molecular weight is 257 g/mol. The molecule has 0 aliphatic heterocycles. The first-order valence-electron chi connectivity index (χ1n) is 6.69. The summed E-state index contributed by atoms with van der Waals surface area (Å²) in [4.78, 5) is 0. The Labute approximate surface area is 114 Å². The molecule has 0 saturated carbocycles. The maximum atomic E-state index is 13.1. The Hall–Kier alpha value is -1.67. The van der Waals surface area contributed by atoms with Crippen LogP contribution in [0.2, 0.25) is 0 Å². The lowest BCUT2D eigenvalue weighted by atomic mass is 9.97. The van der Waals surface area contributed by atoms with Gasteiger partial charge in [-0.05, 0) is 54.8 Å². The number of rotatable bonds is 4. The SMILES string of the molecule is CCC(NC)c1ccc(-c2ccc(F)cc2C)cc1. The molecule has 100 valence electrons. The lowest BCUT2D eigenvalue weighted by Gasteiger charge is -2.15. The summed E-state index contributed by atoms with van der Waals surface area (Å²) in [5.74, 6) is -0.181. The van der Waals surface area contributed by atoms with Crippen molar-refractivity contribution in [2.24, 2.45) is 0 Å². The van der Waals surface area contributed by atoms with Gasteiger partial charge in [0.2, 0.25) is 0 Å². The van der Waals surface area contributed by atoms with Crippen LogP contribution in [0.25, 0.3) is 11.1 Å². The highest BCUT2D eigenvalue weighted by atomic mass is 19.1. The van der Waals surface area contributed by atoms with Crippen molar-refractivity contribution in [2.75, 3.05) is 7.05 Å². The standard InChI is InChI=1S/C17H20FN/c1-4-17(19-3)14-7-5-13(6-8-14)16-10-9-15(18)11-12(16)2/h5-11,17,19H,4H2,1-3H3. The van der Waals surface area contributed by atoms with Gasteiger partial charge in [-0.1, -0.05) is 37.3 Å². The van der Waals surface area contributed by atoms with Crippen molar-refractivity contribution in [3.63, 3.8) is 0 Å². The highest BCUT2D eigenvalue weighted by Gasteiger charge is 2.07. The number of aryl methyl sites for hydroxylation is 1. The molecule has 0 radical (unpaired) electrons. The minimum Gasteiger partial charge on any atom is -0.313 e. The van der Waals surface area contributed by atoms with Gasteiger partial charge < -0.3 is 5.32 Å². The van der Waals surface area contributed by atoms with E-state index in [4.69, 9.17) is 0 Å². The molecule has 1 nitrogen and oxygen atoms in total. The highest BCUT2D eigenvalue weighted by Crippen LogP contribution is 2.26. The van der Waals surface area contributed by atoms with Gasteiger partial charge in [0.15, 0.2) is 0 Å². The van der Waals surface area contributed by atoms with Crippen LogP contribution in [0.1, 0.15) is 30.5 Å². The van der Waals surface area contributed by atoms with E-state index in [2.05, 4.69) is 36.5 Å². The summed E-state index contributed by atoms with van der Waals surface area (Å²) in [5.41, 5.74) is 4.47. The number of halogens is 1. The van der Waals surface area contributed by atoms with Crippen molar-refractivity contribution < 1.29 is 4.39 Å². The van der Waals surface area contributed by atoms with Crippen LogP contribution in [0.4, 0.5) is 4.39 Å². The third-order valence-electron chi connectivity index (χ3n) is 3.57. The van der Waals surface area contributed by atoms with Crippen LogP contribution in [0.3, 0.4) is 0 Å². The number of hydrogen-bond donors (Lipinski definition) is 1. The van der Waals surface area contributed by atoms with Crippen LogP contribution >= 0.6 is 0 Å². The monoisotopic (exact) mass is 257 g/mol. The summed E-state index contributed by atoms with van der Waals surface area (Å²) in [7, 11) is 1.98. The van der Waals surface area contributed by atoms with Gasteiger partial charge >= 0.3 is 0 Å². The van der Waals surface area contributed by atoms with Crippen molar-refractivity contribution >= 4 is 0 Å². The van der Waals surface area contributed by atoms with Crippen LogP contribution in [-0.4, -0.2) is 7.05 Å². The first-order valence-corrected chi connectivity index (χ1v) is 6.69. The number of nitrogens with one attached hydrogen (secondary N) is 1. The molecule has 0 spiro atoms. The van der Waals surface area contributed by atoms with E-state index in [-0.39, 0.29) is 5.82 Å². The molecule has 0 aromatic heterocycles. The molecule has 0 bridgehead atoms. The normalized spacial score (nSPS) is 12.4. The fourth-order valence-electron chi connectivity index (χ4n) is 2.45. The van der Waals surface area contributed by atoms with Crippen molar-refractivity contribution in [1.29, 1.82) is 0 Å². The van der Waals surface area contributed by atoms with E-state index in [1.165, 1.54) is 11.6 Å². The number of benzene rings is 2. The minimum atomic E-state index is -0.181. The van der Waals surface area contributed by atoms with E-state index in [0.717, 1.165) is 23.1 Å². The van der Waals surface area contributed by atoms with E-state index in [9.17, 15) is 4.39 Å². The smallest absolute Gasteiger partial charge is 0.123 e. The highest BCUT2D eigenvalue weighted by molar-refractivity contribution is 5.67. The molecule has 1 N–H and O–H groups in total. The summed E-state index contributed by atoms with van der Waals surface area (Å²) in [6.07, 6.45) is 1.06. The average Bonchev–Trinajstić information content (AvgIpc) is 2.41. The lowest BCUT2D eigenvalue weighted by Crippen LogP contribution is -2.14. The molecule has 0 aliphatic carbocycles. The topological polar surface area (TPSA) is 12.0 Å². The molecule has 0 aliphatic rings. The second kappa shape index (κ2) is 5.98. The lowest BCUT2D eigenvalue weighted by molar-refractivity contribution is 0.577. The second-order valence-corrected chi connectivity index (χ2v) is 4.83. The molecular weight excluding hydrogens is 237 g/mol. The van der Waals surface area contributed by atoms with E-state index in [1.807, 2.05) is 20.0 Å². The molecule has 2 rings (SSSR count). The molecule has 0 saturated heterocycles. The first-order chi connectivity index (χ1) is 9.15. The Morgan fingerprint density at radius 1 is 1.11 bits per heavy atom. The Balaban J connectivity index is 2.32. The first kappa shape index (κ1) is 13.8. The van der Waals surface area contributed by atoms with Crippen LogP contribution in [0.15, 0.2) is 42.5 Å².